The smallest absolute Gasteiger partial charge is 0.266 e. The molecule has 21 rings (SSSR count). The van der Waals surface area contributed by atoms with Crippen LogP contribution >= 0.6 is 45.6 Å². The first-order valence-electron chi connectivity index (χ1n) is 48.7. The first-order chi connectivity index (χ1) is 71.0. The third-order valence-corrected chi connectivity index (χ3v) is 32.8. The maximum atomic E-state index is 15.2. The van der Waals surface area contributed by atoms with Gasteiger partial charge in [0, 0.05) is 70.9 Å². The second kappa shape index (κ2) is 42.6. The molecule has 148 heavy (non-hydrogen) atoms. The van der Waals surface area contributed by atoms with E-state index in [2.05, 4.69) is 63.2 Å². The third-order valence-electron chi connectivity index (χ3n) is 29.1. The molecule has 25 nitrogen and oxygen atoms in total. The molecule has 2 unspecified atom stereocenters. The quantitative estimate of drug-likeness (QED) is 0.0443. The lowest BCUT2D eigenvalue weighted by Gasteiger charge is -2.46. The second-order valence-corrected chi connectivity index (χ2v) is 42.5. The van der Waals surface area contributed by atoms with Crippen LogP contribution in [0, 0.1) is 74.5 Å². The van der Waals surface area contributed by atoms with E-state index in [1.165, 1.54) is 73.1 Å². The lowest BCUT2D eigenvalue weighted by Crippen LogP contribution is -2.56. The van der Waals surface area contributed by atoms with Gasteiger partial charge in [0.15, 0.2) is 46.0 Å². The number of amides is 5. The zero-order chi connectivity index (χ0) is 105. The predicted molar refractivity (Wildman–Crippen MR) is 579 cm³/mol. The van der Waals surface area contributed by atoms with Crippen LogP contribution in [-0.2, 0) is 63.5 Å². The molecule has 748 valence electrons. The van der Waals surface area contributed by atoms with Crippen LogP contribution in [-0.4, -0.2) is 129 Å². The highest BCUT2D eigenvalue weighted by Crippen LogP contribution is 2.55. The van der Waals surface area contributed by atoms with E-state index >= 15 is 4.39 Å². The Bertz CT molecular complexity index is 7620. The number of nitrogens with two attached hydrogens (primary N) is 5. The van der Waals surface area contributed by atoms with Gasteiger partial charge in [-0.05, 0) is 248 Å². The van der Waals surface area contributed by atoms with Gasteiger partial charge in [0.05, 0.1) is 52.1 Å². The molecular formula is C117H111ClF2N20O5S3. The Kier molecular flexibility index (Phi) is 29.8. The molecule has 0 saturated heterocycles. The number of nitriles is 3. The molecule has 8 aliphatic rings. The molecule has 0 radical (unpaired) electrons. The Morgan fingerprint density at radius 2 is 1.02 bits per heavy atom. The Morgan fingerprint density at radius 1 is 0.486 bits per heavy atom. The highest BCUT2D eigenvalue weighted by atomic mass is 35.5. The SMILES string of the molecule is CC#Cc1cc(-c2csc([C@@]3(C)N=C(N)N(C)C(=O)[C@@H]3c3ccc(C(C)(C)C#N)cc3)c2)ncn1.CN1C(=O)C(CC2CC2)(c2cccc(-c3cccc(Cl)c3)c2)N=C1N.CN1C(=O)C(c2ccc(C3CC3)cc2)[C@@](C)(c2cc(-c3cccc(C#N)c3)c(F)s2)N=C1N.CN1C(=O)[C@H](C2CCC2)[C@@](C)(c2cc(-c3ccc(F)c(C#N)c3)cs2)N=C1N.NC1=NC(c2ccccc2)(c2ccccc2)C(=O)N1CCc1ccccc1. The van der Waals surface area contributed by atoms with Crippen molar-refractivity contribution in [3.05, 3.63) is 364 Å². The summed E-state index contributed by atoms with van der Waals surface area (Å²) in [7, 11) is 6.61. The van der Waals surface area contributed by atoms with Gasteiger partial charge in [-0.1, -0.05) is 225 Å². The molecule has 0 spiro atoms. The number of aromatic nitrogens is 2. The lowest BCUT2D eigenvalue weighted by molar-refractivity contribution is -0.138. The summed E-state index contributed by atoms with van der Waals surface area (Å²) < 4.78 is 28.8. The number of likely N-dealkylation sites (N-methyl/N-ethyl adjacent to an activating group) is 3. The molecule has 4 aromatic heterocycles. The summed E-state index contributed by atoms with van der Waals surface area (Å²) in [6.45, 7) is 11.8. The molecule has 3 saturated carbocycles. The van der Waals surface area contributed by atoms with Gasteiger partial charge in [-0.15, -0.1) is 34.0 Å². The van der Waals surface area contributed by atoms with Crippen molar-refractivity contribution in [3.63, 3.8) is 0 Å². The first-order valence-corrected chi connectivity index (χ1v) is 51.7. The number of rotatable bonds is 20. The summed E-state index contributed by atoms with van der Waals surface area (Å²) in [5, 5.41) is 32.1. The van der Waals surface area contributed by atoms with E-state index in [0.717, 1.165) is 138 Å². The minimum Gasteiger partial charge on any atom is -0.369 e. The summed E-state index contributed by atoms with van der Waals surface area (Å²) in [5.74, 6) is 5.90. The zero-order valence-electron chi connectivity index (χ0n) is 83.5. The van der Waals surface area contributed by atoms with Gasteiger partial charge < -0.3 is 28.7 Å². The van der Waals surface area contributed by atoms with Crippen LogP contribution in [0.4, 0.5) is 8.78 Å². The van der Waals surface area contributed by atoms with Crippen LogP contribution in [0.25, 0.3) is 44.6 Å². The zero-order valence-corrected chi connectivity index (χ0v) is 86.7. The van der Waals surface area contributed by atoms with Crippen molar-refractivity contribution in [3.8, 4) is 74.7 Å². The van der Waals surface area contributed by atoms with Crippen LogP contribution in [0.15, 0.2) is 297 Å². The van der Waals surface area contributed by atoms with Crippen molar-refractivity contribution in [2.24, 2.45) is 71.4 Å². The molecule has 31 heteroatoms. The summed E-state index contributed by atoms with van der Waals surface area (Å²) >= 11 is 10.1. The molecule has 10 N–H and O–H groups in total. The lowest BCUT2D eigenvalue weighted by atomic mass is 9.66. The number of carbonyl (C=O) groups excluding carboxylic acids is 5. The number of guanidine groups is 5. The van der Waals surface area contributed by atoms with Crippen molar-refractivity contribution in [2.75, 3.05) is 34.7 Å². The Labute approximate surface area is 876 Å². The van der Waals surface area contributed by atoms with Crippen molar-refractivity contribution >= 4 is 105 Å². The summed E-state index contributed by atoms with van der Waals surface area (Å²) in [6, 6.07) is 86.1. The highest BCUT2D eigenvalue weighted by molar-refractivity contribution is 7.11. The number of thiophene rings is 3. The number of aliphatic imine (C=N–C) groups is 5. The van der Waals surface area contributed by atoms with Crippen molar-refractivity contribution in [1.29, 1.82) is 15.8 Å². The van der Waals surface area contributed by atoms with E-state index in [4.69, 9.17) is 65.5 Å². The van der Waals surface area contributed by atoms with Crippen molar-refractivity contribution in [1.82, 2.24) is 34.5 Å². The Balaban J connectivity index is 0.000000127. The van der Waals surface area contributed by atoms with Gasteiger partial charge in [0.2, 0.25) is 17.7 Å². The molecule has 7 atom stereocenters. The van der Waals surface area contributed by atoms with E-state index in [-0.39, 0.29) is 70.0 Å². The number of nitrogens with zero attached hydrogens (tertiary/aromatic N) is 15. The standard InChI is InChI=1S/C27H26N6OS.C26H23FN4OS.C23H21N3O.C21H21FN4OS.C20H20ClN3O/c1-6-7-20-13-21(31-16-30-20)18-12-22(35-14-18)27(4)23(24(34)33(5)25(29)32-27)17-8-10-19(11-9-17)26(2,3)15-28;1-26(21-13-20(23(27)33-21)19-5-3-4-15(12-19)14-28)22(24(32)31(2)25(29)30-26)18-10-8-17(9-11-18)16-6-7-16;24-22-25-23(19-12-6-2-7-13-19,20-14-8-3-9-15-20)21(27)26(22)17-16-18-10-4-1-5-11-18;1-21(18(12-4-3-5-12)19(27)26(2)20(24)25-21)17-9-15(11-28-17)13-6-7-16(22)14(8-13)10-23;1-24-18(25)20(23-19(24)22,12-13-8-9-13)16-6-2-4-14(10-16)15-5-3-7-17(21)11-15/h8-14,16,23H,1-5H3,(H2,29,32);3-5,8-13,16,22H,6-7H2,1-2H3,(H2,29,30);1-15H,16-17H2,(H2,24,25);6-9,11-12,18H,3-5H2,1-2H3,(H2,24,25);2-7,10-11,13H,8-9,12H2,1H3,(H2,22,23)/t23-,27+;22?,26-;;18-,21+;/m01.0./s1. The summed E-state index contributed by atoms with van der Waals surface area (Å²) in [6.07, 6.45) is 10.8. The predicted octanol–water partition coefficient (Wildman–Crippen LogP) is 20.2. The largest absolute Gasteiger partial charge is 0.369 e. The minimum absolute atomic E-state index is 0.0144. The van der Waals surface area contributed by atoms with E-state index < -0.39 is 50.8 Å². The molecule has 13 aromatic rings. The van der Waals surface area contributed by atoms with E-state index in [1.807, 2.05) is 233 Å². The summed E-state index contributed by atoms with van der Waals surface area (Å²) in [4.78, 5) is 109. The molecule has 5 aliphatic heterocycles. The summed E-state index contributed by atoms with van der Waals surface area (Å²) in [5.41, 5.74) is 40.2. The van der Waals surface area contributed by atoms with Crippen molar-refractivity contribution in [2.45, 2.75) is 150 Å². The molecule has 9 aromatic carbocycles. The average Bonchev–Trinajstić information content (AvgIpc) is 1.51. The molecule has 5 amide bonds. The fourth-order valence-electron chi connectivity index (χ4n) is 19.9. The number of halogens is 3. The van der Waals surface area contributed by atoms with Gasteiger partial charge in [-0.3, -0.25) is 48.5 Å². The van der Waals surface area contributed by atoms with Gasteiger partial charge >= 0.3 is 0 Å². The molecule has 3 aliphatic carbocycles. The normalized spacial score (nSPS) is 21.3. The van der Waals surface area contributed by atoms with Gasteiger partial charge in [0.1, 0.15) is 40.5 Å². The third kappa shape index (κ3) is 20.6. The number of benzene rings is 9. The topological polar surface area (TPSA) is 391 Å². The fraction of sp³-hybridized carbons (Fsp3) is 0.274. The van der Waals surface area contributed by atoms with Gasteiger partial charge in [-0.2, -0.15) is 20.2 Å². The van der Waals surface area contributed by atoms with E-state index in [0.29, 0.717) is 62.5 Å². The average molecular weight is 2050 g/mol. The second-order valence-electron chi connectivity index (χ2n) is 39.3. The fourth-order valence-corrected chi connectivity index (χ4v) is 23.3. The highest BCUT2D eigenvalue weighted by Gasteiger charge is 2.56. The van der Waals surface area contributed by atoms with Gasteiger partial charge in [-0.25, -0.2) is 39.3 Å². The Morgan fingerprint density at radius 3 is 1.59 bits per heavy atom. The van der Waals surface area contributed by atoms with Crippen LogP contribution in [0.5, 0.6) is 0 Å². The van der Waals surface area contributed by atoms with Crippen LogP contribution < -0.4 is 28.7 Å². The molecular weight excluding hydrogens is 1940 g/mol. The minimum atomic E-state index is -1.12. The van der Waals surface area contributed by atoms with Crippen LogP contribution in [0.3, 0.4) is 0 Å². The maximum Gasteiger partial charge on any atom is 0.266 e. The number of carbonyl (C=O) groups is 5. The van der Waals surface area contributed by atoms with Crippen molar-refractivity contribution < 1.29 is 32.8 Å². The molecule has 0 bridgehead atoms. The van der Waals surface area contributed by atoms with Crippen LogP contribution in [0.1, 0.15) is 187 Å². The number of hydrogen-bond acceptors (Lipinski definition) is 23. The Hall–Kier alpha value is -16.0. The maximum absolute atomic E-state index is 15.2. The van der Waals surface area contributed by atoms with Crippen LogP contribution in [0.2, 0.25) is 5.02 Å². The van der Waals surface area contributed by atoms with Gasteiger partial charge in [0.25, 0.3) is 11.8 Å². The number of hydrogen-bond donors (Lipinski definition) is 5. The van der Waals surface area contributed by atoms with E-state index in [1.54, 1.807) is 82.5 Å². The monoisotopic (exact) mass is 2040 g/mol. The van der Waals surface area contributed by atoms with E-state index in [9.17, 15) is 38.9 Å². The first kappa shape index (κ1) is 103. The molecule has 9 heterocycles. The molecule has 3 fully saturated rings.